The molecule has 1 aromatic carbocycles. The lowest BCUT2D eigenvalue weighted by Crippen LogP contribution is -2.26. The molecule has 3 N–H and O–H groups in total. The average Bonchev–Trinajstić information content (AvgIpc) is 2.89. The van der Waals surface area contributed by atoms with Crippen LogP contribution in [0.4, 0.5) is 24.7 Å². The van der Waals surface area contributed by atoms with E-state index < -0.39 is 17.6 Å². The van der Waals surface area contributed by atoms with E-state index in [1.165, 1.54) is 68.9 Å². The van der Waals surface area contributed by atoms with E-state index in [2.05, 4.69) is 30.6 Å². The normalized spacial score (nSPS) is 14.8. The zero-order valence-corrected chi connectivity index (χ0v) is 20.0. The Morgan fingerprint density at radius 2 is 1.84 bits per heavy atom. The lowest BCUT2D eigenvalue weighted by atomic mass is 9.87. The second-order valence-electron chi connectivity index (χ2n) is 8.88. The third kappa shape index (κ3) is 7.25. The summed E-state index contributed by atoms with van der Waals surface area (Å²) < 4.78 is 41.5. The molecule has 11 heteroatoms. The fourth-order valence-electron chi connectivity index (χ4n) is 4.31. The van der Waals surface area contributed by atoms with Crippen molar-refractivity contribution in [1.82, 2.24) is 20.3 Å². The van der Waals surface area contributed by atoms with Crippen molar-refractivity contribution >= 4 is 23.3 Å². The average molecular weight is 513 g/mol. The molecule has 37 heavy (non-hydrogen) atoms. The van der Waals surface area contributed by atoms with Gasteiger partial charge in [-0.2, -0.15) is 18.2 Å². The molecule has 0 spiro atoms. The summed E-state index contributed by atoms with van der Waals surface area (Å²) in [7, 11) is 0. The summed E-state index contributed by atoms with van der Waals surface area (Å²) in [4.78, 5) is 39.2. The number of carbonyl (C=O) groups excluding carboxylic acids is 2. The number of hydrogen-bond donors (Lipinski definition) is 3. The first-order valence-corrected chi connectivity index (χ1v) is 12.1. The maximum absolute atomic E-state index is 13.8. The van der Waals surface area contributed by atoms with Gasteiger partial charge in [0, 0.05) is 36.3 Å². The number of hydrogen-bond acceptors (Lipinski definition) is 5. The van der Waals surface area contributed by atoms with Crippen LogP contribution in [0, 0.1) is 5.92 Å². The van der Waals surface area contributed by atoms with Gasteiger partial charge in [0.2, 0.25) is 5.62 Å². The molecule has 1 saturated carbocycles. The van der Waals surface area contributed by atoms with Gasteiger partial charge in [0.15, 0.2) is 0 Å². The summed E-state index contributed by atoms with van der Waals surface area (Å²) in [6, 6.07) is 7.56. The number of rotatable bonds is 7. The van der Waals surface area contributed by atoms with E-state index in [0.29, 0.717) is 12.5 Å². The van der Waals surface area contributed by atoms with Crippen molar-refractivity contribution in [2.75, 3.05) is 11.9 Å². The van der Waals surface area contributed by atoms with Crippen molar-refractivity contribution in [3.63, 3.8) is 0 Å². The van der Waals surface area contributed by atoms with Crippen molar-refractivity contribution in [3.8, 4) is 0 Å². The number of pyridine rings is 1. The van der Waals surface area contributed by atoms with Gasteiger partial charge in [0.1, 0.15) is 5.82 Å². The van der Waals surface area contributed by atoms with Gasteiger partial charge in [-0.1, -0.05) is 32.1 Å². The summed E-state index contributed by atoms with van der Waals surface area (Å²) >= 11 is 0. The second-order valence-corrected chi connectivity index (χ2v) is 8.88. The number of halogens is 3. The van der Waals surface area contributed by atoms with Gasteiger partial charge in [-0.3, -0.25) is 9.59 Å². The van der Waals surface area contributed by atoms with Crippen LogP contribution >= 0.6 is 0 Å². The predicted molar refractivity (Wildman–Crippen MR) is 131 cm³/mol. The molecule has 0 atom stereocenters. The fraction of sp³-hybridized carbons (Fsp3) is 0.346. The van der Waals surface area contributed by atoms with Crippen LogP contribution < -0.4 is 16.3 Å². The van der Waals surface area contributed by atoms with Gasteiger partial charge in [0.25, 0.3) is 11.8 Å². The number of aromatic nitrogens is 3. The molecule has 1 fully saturated rings. The molecule has 1 aliphatic carbocycles. The Balaban J connectivity index is 1.48. The topological polar surface area (TPSA) is 112 Å². The highest BCUT2D eigenvalue weighted by molar-refractivity contribution is 5.96. The third-order valence-electron chi connectivity index (χ3n) is 6.22. The first kappa shape index (κ1) is 26.1. The highest BCUT2D eigenvalue weighted by atomic mass is 19.4. The summed E-state index contributed by atoms with van der Waals surface area (Å²) in [5.74, 6) is -0.505. The Kier molecular flexibility index (Phi) is 8.32. The standard InChI is InChI=1S/C26H27F3N6O2/c27-26(28,29)20-15-18(24(37)35-25-32-11-4-12-33-25)7-8-21(20)34-22-16-19(10-14-30-22)23(36)31-13-9-17-5-2-1-3-6-17/h4,7-8,10-12,14-17H,1-3,5-6,9,13H2,(H,30,34)(H,31,36)(H,32,33,35,37). The van der Waals surface area contributed by atoms with Crippen LogP contribution in [0.5, 0.6) is 0 Å². The largest absolute Gasteiger partial charge is 0.418 e. The highest BCUT2D eigenvalue weighted by Crippen LogP contribution is 2.36. The van der Waals surface area contributed by atoms with Crippen LogP contribution in [-0.2, 0) is 6.18 Å². The Labute approximate surface area is 211 Å². The van der Waals surface area contributed by atoms with E-state index >= 15 is 0 Å². The number of anilines is 2. The van der Waals surface area contributed by atoms with E-state index in [1.54, 1.807) is 6.07 Å². The number of aromatic amines is 1. The number of H-pyrrole nitrogens is 1. The lowest BCUT2D eigenvalue weighted by molar-refractivity contribution is -0.136. The lowest BCUT2D eigenvalue weighted by Gasteiger charge is -2.21. The molecule has 4 rings (SSSR count). The molecule has 0 aliphatic heterocycles. The minimum atomic E-state index is -4.76. The summed E-state index contributed by atoms with van der Waals surface area (Å²) in [5.41, 5.74) is -1.37. The minimum Gasteiger partial charge on any atom is -0.352 e. The molecule has 2 heterocycles. The van der Waals surface area contributed by atoms with Crippen LogP contribution in [0.2, 0.25) is 0 Å². The van der Waals surface area contributed by atoms with E-state index in [-0.39, 0.29) is 34.2 Å². The van der Waals surface area contributed by atoms with E-state index in [0.717, 1.165) is 18.6 Å². The van der Waals surface area contributed by atoms with Crippen molar-refractivity contribution in [1.29, 1.82) is 0 Å². The molecule has 0 saturated heterocycles. The fourth-order valence-corrected chi connectivity index (χ4v) is 4.31. The molecule has 3 aromatic rings. The van der Waals surface area contributed by atoms with Crippen LogP contribution in [0.3, 0.4) is 0 Å². The minimum absolute atomic E-state index is 0.0266. The van der Waals surface area contributed by atoms with Crippen molar-refractivity contribution in [3.05, 3.63) is 77.3 Å². The van der Waals surface area contributed by atoms with E-state index in [4.69, 9.17) is 0 Å². The molecule has 194 valence electrons. The number of nitrogens with zero attached hydrogens (tertiary/aromatic N) is 3. The van der Waals surface area contributed by atoms with Crippen molar-refractivity contribution < 1.29 is 22.8 Å². The third-order valence-corrected chi connectivity index (χ3v) is 6.22. The second kappa shape index (κ2) is 11.8. The first-order valence-electron chi connectivity index (χ1n) is 12.1. The quantitative estimate of drug-likeness (QED) is 0.412. The van der Waals surface area contributed by atoms with Crippen molar-refractivity contribution in [2.45, 2.75) is 44.7 Å². The number of carbonyl (C=O) groups is 2. The number of amides is 2. The van der Waals surface area contributed by atoms with Crippen LogP contribution in [0.25, 0.3) is 0 Å². The SMILES string of the molecule is O=C(N=c1nccc[nH]1)c1ccc(Nc2cc(C(=O)NCCC3CCCCC3)ccn2)c(C(F)(F)F)c1. The van der Waals surface area contributed by atoms with Gasteiger partial charge >= 0.3 is 6.18 Å². The first-order chi connectivity index (χ1) is 17.8. The van der Waals surface area contributed by atoms with Gasteiger partial charge in [-0.15, -0.1) is 0 Å². The number of benzene rings is 1. The van der Waals surface area contributed by atoms with Gasteiger partial charge in [-0.05, 0) is 48.7 Å². The molecule has 0 bridgehead atoms. The molecule has 8 nitrogen and oxygen atoms in total. The molecular weight excluding hydrogens is 485 g/mol. The Hall–Kier alpha value is -4.02. The molecular formula is C26H27F3N6O2. The van der Waals surface area contributed by atoms with Crippen molar-refractivity contribution in [2.24, 2.45) is 10.9 Å². The Morgan fingerprint density at radius 3 is 2.57 bits per heavy atom. The smallest absolute Gasteiger partial charge is 0.352 e. The van der Waals surface area contributed by atoms with Gasteiger partial charge < -0.3 is 15.6 Å². The predicted octanol–water partition coefficient (Wildman–Crippen LogP) is 5.01. The van der Waals surface area contributed by atoms with Crippen LogP contribution in [0.1, 0.15) is 64.8 Å². The molecule has 1 aliphatic rings. The zero-order valence-electron chi connectivity index (χ0n) is 20.0. The maximum atomic E-state index is 13.8. The molecule has 0 radical (unpaired) electrons. The Morgan fingerprint density at radius 1 is 1.03 bits per heavy atom. The summed E-state index contributed by atoms with van der Waals surface area (Å²) in [6.45, 7) is 0.545. The van der Waals surface area contributed by atoms with Crippen LogP contribution in [-0.4, -0.2) is 33.3 Å². The van der Waals surface area contributed by atoms with Crippen LogP contribution in [0.15, 0.2) is 60.0 Å². The summed E-state index contributed by atoms with van der Waals surface area (Å²) in [6.07, 6.45) is 6.48. The maximum Gasteiger partial charge on any atom is 0.418 e. The molecule has 2 aromatic heterocycles. The van der Waals surface area contributed by atoms with Gasteiger partial charge in [-0.25, -0.2) is 9.97 Å². The van der Waals surface area contributed by atoms with Gasteiger partial charge in [0.05, 0.1) is 11.3 Å². The monoisotopic (exact) mass is 512 g/mol. The Bertz CT molecular complexity index is 1300. The highest BCUT2D eigenvalue weighted by Gasteiger charge is 2.34. The molecule has 0 unspecified atom stereocenters. The zero-order chi connectivity index (χ0) is 26.3. The number of alkyl halides is 3. The van der Waals surface area contributed by atoms with E-state index in [1.807, 2.05) is 0 Å². The molecule has 2 amide bonds. The summed E-state index contributed by atoms with van der Waals surface area (Å²) in [5, 5.41) is 5.51. The van der Waals surface area contributed by atoms with E-state index in [9.17, 15) is 22.8 Å². The number of nitrogens with one attached hydrogen (secondary N) is 3.